The van der Waals surface area contributed by atoms with Gasteiger partial charge in [-0.15, -0.1) is 11.3 Å². The molecule has 0 bridgehead atoms. The number of carbonyl (C=O) groups excluding carboxylic acids is 1. The molecule has 0 unspecified atom stereocenters. The molecule has 4 nitrogen and oxygen atoms in total. The van der Waals surface area contributed by atoms with Crippen LogP contribution in [-0.2, 0) is 19.4 Å². The third-order valence-corrected chi connectivity index (χ3v) is 6.68. The lowest BCUT2D eigenvalue weighted by molar-refractivity contribution is 0.1000. The van der Waals surface area contributed by atoms with Crippen molar-refractivity contribution in [2.24, 2.45) is 5.73 Å². The number of amides is 1. The number of thiophene rings is 1. The number of unbranched alkanes of at least 4 members (excludes halogenated alkanes) is 2. The van der Waals surface area contributed by atoms with E-state index < -0.39 is 0 Å². The van der Waals surface area contributed by atoms with Crippen molar-refractivity contribution in [3.63, 3.8) is 0 Å². The van der Waals surface area contributed by atoms with Crippen LogP contribution in [0.5, 0.6) is 5.75 Å². The SMILES string of the molecule is CCCCCc1c(-c2ccc(OC)c(C)c2)c(C(N)=O)c(C)n1CCc1cccs1. The van der Waals surface area contributed by atoms with Gasteiger partial charge in [0.25, 0.3) is 5.91 Å². The zero-order valence-electron chi connectivity index (χ0n) is 18.5. The van der Waals surface area contributed by atoms with Gasteiger partial charge in [-0.25, -0.2) is 0 Å². The average molecular weight is 425 g/mol. The highest BCUT2D eigenvalue weighted by atomic mass is 32.1. The van der Waals surface area contributed by atoms with Crippen LogP contribution in [0, 0.1) is 13.8 Å². The first-order chi connectivity index (χ1) is 14.5. The molecule has 1 amide bonds. The zero-order chi connectivity index (χ0) is 21.7. The number of ether oxygens (including phenoxy) is 1. The normalized spacial score (nSPS) is 11.1. The first-order valence-electron chi connectivity index (χ1n) is 10.7. The van der Waals surface area contributed by atoms with Crippen molar-refractivity contribution in [1.29, 1.82) is 0 Å². The van der Waals surface area contributed by atoms with Crippen LogP contribution in [-0.4, -0.2) is 17.6 Å². The van der Waals surface area contributed by atoms with Crippen LogP contribution in [0.2, 0.25) is 0 Å². The van der Waals surface area contributed by atoms with E-state index in [0.29, 0.717) is 5.56 Å². The molecule has 2 heterocycles. The van der Waals surface area contributed by atoms with Gasteiger partial charge in [0, 0.05) is 28.4 Å². The van der Waals surface area contributed by atoms with Crippen LogP contribution in [0.15, 0.2) is 35.7 Å². The third kappa shape index (κ3) is 4.62. The summed E-state index contributed by atoms with van der Waals surface area (Å²) in [6, 6.07) is 10.4. The van der Waals surface area contributed by atoms with Crippen LogP contribution >= 0.6 is 11.3 Å². The fraction of sp³-hybridized carbons (Fsp3) is 0.400. The van der Waals surface area contributed by atoms with E-state index in [1.54, 1.807) is 18.4 Å². The molecule has 30 heavy (non-hydrogen) atoms. The minimum Gasteiger partial charge on any atom is -0.496 e. The second-order valence-electron chi connectivity index (χ2n) is 7.77. The smallest absolute Gasteiger partial charge is 0.251 e. The lowest BCUT2D eigenvalue weighted by Gasteiger charge is -2.14. The number of carbonyl (C=O) groups is 1. The Balaban J connectivity index is 2.12. The van der Waals surface area contributed by atoms with E-state index in [4.69, 9.17) is 10.5 Å². The van der Waals surface area contributed by atoms with Gasteiger partial charge in [0.2, 0.25) is 0 Å². The summed E-state index contributed by atoms with van der Waals surface area (Å²) in [5, 5.41) is 2.11. The Morgan fingerprint density at radius 1 is 1.17 bits per heavy atom. The minimum absolute atomic E-state index is 0.359. The maximum atomic E-state index is 12.5. The summed E-state index contributed by atoms with van der Waals surface area (Å²) in [6.07, 6.45) is 5.32. The minimum atomic E-state index is -0.359. The molecule has 5 heteroatoms. The Kier molecular flexibility index (Phi) is 7.38. The van der Waals surface area contributed by atoms with Crippen molar-refractivity contribution in [2.75, 3.05) is 7.11 Å². The summed E-state index contributed by atoms with van der Waals surface area (Å²) < 4.78 is 7.76. The maximum Gasteiger partial charge on any atom is 0.251 e. The molecule has 0 saturated carbocycles. The molecule has 0 fully saturated rings. The van der Waals surface area contributed by atoms with Crippen molar-refractivity contribution >= 4 is 17.2 Å². The van der Waals surface area contributed by atoms with Gasteiger partial charge in [-0.2, -0.15) is 0 Å². The second kappa shape index (κ2) is 9.98. The molecule has 1 aromatic carbocycles. The molecule has 0 aliphatic carbocycles. The Morgan fingerprint density at radius 3 is 2.57 bits per heavy atom. The fourth-order valence-electron chi connectivity index (χ4n) is 4.23. The standard InChI is InChI=1S/C25H32N2O2S/c1-5-6-7-10-21-24(19-11-12-22(29-4)17(2)16-19)23(25(26)28)18(3)27(21)14-13-20-9-8-15-30-20/h8-9,11-12,15-16H,5-7,10,13-14H2,1-4H3,(H2,26,28). The van der Waals surface area contributed by atoms with Crippen LogP contribution in [0.4, 0.5) is 0 Å². The number of primary amides is 1. The van der Waals surface area contributed by atoms with Gasteiger partial charge in [0.1, 0.15) is 5.75 Å². The van der Waals surface area contributed by atoms with Crippen molar-refractivity contribution in [3.8, 4) is 16.9 Å². The highest BCUT2D eigenvalue weighted by Crippen LogP contribution is 2.36. The van der Waals surface area contributed by atoms with Gasteiger partial charge >= 0.3 is 0 Å². The third-order valence-electron chi connectivity index (χ3n) is 5.74. The predicted molar refractivity (Wildman–Crippen MR) is 126 cm³/mol. The molecule has 3 rings (SSSR count). The van der Waals surface area contributed by atoms with Gasteiger partial charge in [-0.1, -0.05) is 31.9 Å². The lowest BCUT2D eigenvalue weighted by Crippen LogP contribution is -2.13. The van der Waals surface area contributed by atoms with Gasteiger partial charge in [-0.3, -0.25) is 4.79 Å². The molecule has 3 aromatic rings. The van der Waals surface area contributed by atoms with Crippen LogP contribution in [0.3, 0.4) is 0 Å². The Labute approximate surface area is 183 Å². The van der Waals surface area contributed by atoms with Crippen LogP contribution < -0.4 is 10.5 Å². The molecule has 2 aromatic heterocycles. The highest BCUT2D eigenvalue weighted by Gasteiger charge is 2.25. The first kappa shape index (κ1) is 22.2. The maximum absolute atomic E-state index is 12.5. The summed E-state index contributed by atoms with van der Waals surface area (Å²) in [4.78, 5) is 13.9. The molecule has 2 N–H and O–H groups in total. The lowest BCUT2D eigenvalue weighted by atomic mass is 9.96. The fourth-order valence-corrected chi connectivity index (χ4v) is 4.92. The molecule has 160 valence electrons. The summed E-state index contributed by atoms with van der Waals surface area (Å²) in [6.45, 7) is 7.12. The molecule has 0 radical (unpaired) electrons. The van der Waals surface area contributed by atoms with Crippen LogP contribution in [0.25, 0.3) is 11.1 Å². The van der Waals surface area contributed by atoms with E-state index >= 15 is 0 Å². The molecule has 0 atom stereocenters. The predicted octanol–water partition coefficient (Wildman–Crippen LogP) is 5.92. The number of aromatic nitrogens is 1. The average Bonchev–Trinajstić information content (AvgIpc) is 3.33. The molecule has 0 aliphatic rings. The summed E-state index contributed by atoms with van der Waals surface area (Å²) in [5.41, 5.74) is 11.8. The summed E-state index contributed by atoms with van der Waals surface area (Å²) in [5.74, 6) is 0.489. The van der Waals surface area contributed by atoms with Crippen LogP contribution in [0.1, 0.15) is 58.4 Å². The molecule has 0 saturated heterocycles. The molecule has 0 aliphatic heterocycles. The van der Waals surface area contributed by atoms with Crippen molar-refractivity contribution in [1.82, 2.24) is 4.57 Å². The Morgan fingerprint density at radius 2 is 1.97 bits per heavy atom. The van der Waals surface area contributed by atoms with Crippen molar-refractivity contribution < 1.29 is 9.53 Å². The van der Waals surface area contributed by atoms with E-state index in [2.05, 4.69) is 35.1 Å². The summed E-state index contributed by atoms with van der Waals surface area (Å²) >= 11 is 1.78. The van der Waals surface area contributed by atoms with Gasteiger partial charge < -0.3 is 15.0 Å². The number of nitrogens with two attached hydrogens (primary N) is 1. The van der Waals surface area contributed by atoms with E-state index in [-0.39, 0.29) is 5.91 Å². The number of rotatable bonds is 10. The highest BCUT2D eigenvalue weighted by molar-refractivity contribution is 7.09. The zero-order valence-corrected chi connectivity index (χ0v) is 19.3. The Hall–Kier alpha value is -2.53. The number of aryl methyl sites for hydroxylation is 2. The number of methoxy groups -OCH3 is 1. The largest absolute Gasteiger partial charge is 0.496 e. The van der Waals surface area contributed by atoms with E-state index in [9.17, 15) is 4.79 Å². The number of hydrogen-bond donors (Lipinski definition) is 1. The van der Waals surface area contributed by atoms with Crippen molar-refractivity contribution in [3.05, 3.63) is 63.1 Å². The van der Waals surface area contributed by atoms with Crippen molar-refractivity contribution in [2.45, 2.75) is 59.4 Å². The molecule has 0 spiro atoms. The van der Waals surface area contributed by atoms with E-state index in [1.807, 2.05) is 26.0 Å². The van der Waals surface area contributed by atoms with E-state index in [0.717, 1.165) is 60.4 Å². The molecular formula is C25H32N2O2S. The van der Waals surface area contributed by atoms with Gasteiger partial charge in [0.05, 0.1) is 12.7 Å². The van der Waals surface area contributed by atoms with Gasteiger partial charge in [-0.05, 0) is 67.8 Å². The quantitative estimate of drug-likeness (QED) is 0.411. The van der Waals surface area contributed by atoms with Gasteiger partial charge in [0.15, 0.2) is 0 Å². The second-order valence-corrected chi connectivity index (χ2v) is 8.80. The molecular weight excluding hydrogens is 392 g/mol. The summed E-state index contributed by atoms with van der Waals surface area (Å²) in [7, 11) is 1.68. The number of benzene rings is 1. The van der Waals surface area contributed by atoms with E-state index in [1.165, 1.54) is 17.0 Å². The number of hydrogen-bond acceptors (Lipinski definition) is 3. The number of nitrogens with zero attached hydrogens (tertiary/aromatic N) is 1. The first-order valence-corrected chi connectivity index (χ1v) is 11.5. The Bertz CT molecular complexity index is 1000. The monoisotopic (exact) mass is 424 g/mol. The topological polar surface area (TPSA) is 57.2 Å².